The second-order valence-electron chi connectivity index (χ2n) is 6.95. The number of aromatic nitrogens is 1. The van der Waals surface area contributed by atoms with E-state index in [2.05, 4.69) is 59.3 Å². The minimum atomic E-state index is 0.825. The van der Waals surface area contributed by atoms with Gasteiger partial charge in [0.25, 0.3) is 0 Å². The van der Waals surface area contributed by atoms with E-state index < -0.39 is 0 Å². The van der Waals surface area contributed by atoms with Gasteiger partial charge in [0.1, 0.15) is 11.5 Å². The number of rotatable bonds is 6. The van der Waals surface area contributed by atoms with Crippen molar-refractivity contribution in [3.05, 3.63) is 96.7 Å². The minimum absolute atomic E-state index is 0.825. The molecule has 150 valence electrons. The molecule has 0 atom stereocenters. The highest BCUT2D eigenvalue weighted by Crippen LogP contribution is 2.38. The molecule has 0 bridgehead atoms. The van der Waals surface area contributed by atoms with Crippen LogP contribution in [0, 0.1) is 6.92 Å². The zero-order chi connectivity index (χ0) is 20.9. The van der Waals surface area contributed by atoms with Crippen molar-refractivity contribution >= 4 is 17.1 Å². The van der Waals surface area contributed by atoms with Crippen molar-refractivity contribution in [2.75, 3.05) is 19.1 Å². The fourth-order valence-electron chi connectivity index (χ4n) is 3.46. The highest BCUT2D eigenvalue weighted by molar-refractivity contribution is 5.80. The van der Waals surface area contributed by atoms with Gasteiger partial charge >= 0.3 is 0 Å². The van der Waals surface area contributed by atoms with Crippen LogP contribution < -0.4 is 14.4 Å². The molecule has 3 aromatic carbocycles. The van der Waals surface area contributed by atoms with Crippen LogP contribution in [0.5, 0.6) is 11.5 Å². The lowest BCUT2D eigenvalue weighted by Crippen LogP contribution is -2.10. The Bertz CT molecular complexity index is 1060. The Balaban J connectivity index is 1.84. The van der Waals surface area contributed by atoms with Crippen molar-refractivity contribution in [3.8, 4) is 22.8 Å². The molecule has 0 amide bonds. The summed E-state index contributed by atoms with van der Waals surface area (Å²) in [6, 6.07) is 28.6. The zero-order valence-corrected chi connectivity index (χ0v) is 17.4. The third-order valence-corrected chi connectivity index (χ3v) is 5.08. The quantitative estimate of drug-likeness (QED) is 0.370. The average molecular weight is 396 g/mol. The van der Waals surface area contributed by atoms with Gasteiger partial charge in [0.15, 0.2) is 0 Å². The van der Waals surface area contributed by atoms with Gasteiger partial charge in [-0.2, -0.15) is 0 Å². The van der Waals surface area contributed by atoms with Crippen LogP contribution in [0.25, 0.3) is 11.3 Å². The minimum Gasteiger partial charge on any atom is -0.497 e. The number of nitrogens with zero attached hydrogens (tertiary/aromatic N) is 2. The normalized spacial score (nSPS) is 10.5. The summed E-state index contributed by atoms with van der Waals surface area (Å²) in [6.45, 7) is 2.11. The summed E-state index contributed by atoms with van der Waals surface area (Å²) < 4.78 is 10.7. The topological polar surface area (TPSA) is 34.6 Å². The van der Waals surface area contributed by atoms with Crippen molar-refractivity contribution < 1.29 is 9.47 Å². The molecule has 1 heterocycles. The molecule has 0 fully saturated rings. The fourth-order valence-corrected chi connectivity index (χ4v) is 3.46. The first kappa shape index (κ1) is 19.5. The van der Waals surface area contributed by atoms with E-state index >= 15 is 0 Å². The first-order chi connectivity index (χ1) is 14.7. The van der Waals surface area contributed by atoms with E-state index in [-0.39, 0.29) is 0 Å². The van der Waals surface area contributed by atoms with Crippen LogP contribution in [-0.4, -0.2) is 19.2 Å². The largest absolute Gasteiger partial charge is 0.497 e. The van der Waals surface area contributed by atoms with E-state index in [1.165, 1.54) is 5.56 Å². The van der Waals surface area contributed by atoms with Gasteiger partial charge in [0.2, 0.25) is 0 Å². The van der Waals surface area contributed by atoms with Crippen LogP contribution in [0.3, 0.4) is 0 Å². The first-order valence-corrected chi connectivity index (χ1v) is 9.80. The van der Waals surface area contributed by atoms with Gasteiger partial charge in [0, 0.05) is 28.8 Å². The summed E-state index contributed by atoms with van der Waals surface area (Å²) >= 11 is 0. The molecule has 0 radical (unpaired) electrons. The number of pyridine rings is 1. The Morgan fingerprint density at radius 1 is 0.667 bits per heavy atom. The molecule has 0 aliphatic carbocycles. The summed E-state index contributed by atoms with van der Waals surface area (Å²) in [7, 11) is 3.35. The first-order valence-electron chi connectivity index (χ1n) is 9.80. The van der Waals surface area contributed by atoms with Crippen molar-refractivity contribution in [3.63, 3.8) is 0 Å². The van der Waals surface area contributed by atoms with Gasteiger partial charge in [0.05, 0.1) is 19.9 Å². The van der Waals surface area contributed by atoms with E-state index in [0.29, 0.717) is 0 Å². The van der Waals surface area contributed by atoms with Crippen LogP contribution >= 0.6 is 0 Å². The number of ether oxygens (including phenoxy) is 2. The predicted octanol–water partition coefficient (Wildman–Crippen LogP) is 6.54. The maximum atomic E-state index is 5.34. The average Bonchev–Trinajstić information content (AvgIpc) is 2.82. The van der Waals surface area contributed by atoms with Gasteiger partial charge in [-0.05, 0) is 85.3 Å². The molecule has 4 nitrogen and oxygen atoms in total. The molecule has 0 aliphatic heterocycles. The third-order valence-electron chi connectivity index (χ3n) is 5.08. The Morgan fingerprint density at radius 3 is 1.73 bits per heavy atom. The number of hydrogen-bond donors (Lipinski definition) is 0. The second kappa shape index (κ2) is 8.70. The molecule has 4 aromatic rings. The molecule has 0 saturated heterocycles. The smallest absolute Gasteiger partial charge is 0.119 e. The highest BCUT2D eigenvalue weighted by Gasteiger charge is 2.15. The SMILES string of the molecule is COc1ccc(N(c2ccc(OC)cc2)c2ccc(C)c(-c3ccccn3)c2)cc1. The molecule has 4 rings (SSSR count). The van der Waals surface area contributed by atoms with Gasteiger partial charge in [-0.15, -0.1) is 0 Å². The molecule has 4 heteroatoms. The molecule has 0 aliphatic rings. The van der Waals surface area contributed by atoms with Crippen molar-refractivity contribution in [2.24, 2.45) is 0 Å². The summed E-state index contributed by atoms with van der Waals surface area (Å²) in [5, 5.41) is 0. The van der Waals surface area contributed by atoms with Gasteiger partial charge in [-0.1, -0.05) is 12.1 Å². The standard InChI is InChI=1S/C26H24N2O2/c1-19-7-8-22(18-25(19)26-6-4-5-17-27-26)28(20-9-13-23(29-2)14-10-20)21-11-15-24(30-3)16-12-21/h4-18H,1-3H3. The maximum Gasteiger partial charge on any atom is 0.119 e. The van der Waals surface area contributed by atoms with Crippen molar-refractivity contribution in [1.82, 2.24) is 4.98 Å². The zero-order valence-electron chi connectivity index (χ0n) is 17.4. The van der Waals surface area contributed by atoms with Gasteiger partial charge in [-0.25, -0.2) is 0 Å². The number of anilines is 3. The summed E-state index contributed by atoms with van der Waals surface area (Å²) in [4.78, 5) is 6.76. The molecule has 1 aromatic heterocycles. The van der Waals surface area contributed by atoms with Crippen molar-refractivity contribution in [1.29, 1.82) is 0 Å². The summed E-state index contributed by atoms with van der Waals surface area (Å²) in [5.41, 5.74) is 6.38. The van der Waals surface area contributed by atoms with E-state index in [4.69, 9.17) is 9.47 Å². The Labute approximate surface area is 177 Å². The number of methoxy groups -OCH3 is 2. The second-order valence-corrected chi connectivity index (χ2v) is 6.95. The molecule has 0 spiro atoms. The predicted molar refractivity (Wildman–Crippen MR) is 122 cm³/mol. The summed E-state index contributed by atoms with van der Waals surface area (Å²) in [6.07, 6.45) is 1.83. The van der Waals surface area contributed by atoms with Crippen LogP contribution in [0.4, 0.5) is 17.1 Å². The molecule has 30 heavy (non-hydrogen) atoms. The van der Waals surface area contributed by atoms with Crippen LogP contribution in [0.2, 0.25) is 0 Å². The lowest BCUT2D eigenvalue weighted by Gasteiger charge is -2.26. The third kappa shape index (κ3) is 3.98. The van der Waals surface area contributed by atoms with Gasteiger partial charge in [-0.3, -0.25) is 4.98 Å². The molecular formula is C26H24N2O2. The lowest BCUT2D eigenvalue weighted by molar-refractivity contribution is 0.415. The van der Waals surface area contributed by atoms with Crippen LogP contribution in [-0.2, 0) is 0 Å². The summed E-state index contributed by atoms with van der Waals surface area (Å²) in [5.74, 6) is 1.65. The maximum absolute atomic E-state index is 5.34. The van der Waals surface area contributed by atoms with E-state index in [1.54, 1.807) is 14.2 Å². The monoisotopic (exact) mass is 396 g/mol. The molecule has 0 unspecified atom stereocenters. The lowest BCUT2D eigenvalue weighted by atomic mass is 10.0. The van der Waals surface area contributed by atoms with E-state index in [9.17, 15) is 0 Å². The number of hydrogen-bond acceptors (Lipinski definition) is 4. The molecule has 0 N–H and O–H groups in total. The molecular weight excluding hydrogens is 372 g/mol. The van der Waals surface area contributed by atoms with Crippen LogP contribution in [0.1, 0.15) is 5.56 Å². The highest BCUT2D eigenvalue weighted by atomic mass is 16.5. The fraction of sp³-hybridized carbons (Fsp3) is 0.115. The Kier molecular flexibility index (Phi) is 5.66. The number of benzene rings is 3. The number of aryl methyl sites for hydroxylation is 1. The molecule has 0 saturated carbocycles. The van der Waals surface area contributed by atoms with Crippen LogP contribution in [0.15, 0.2) is 91.1 Å². The Morgan fingerprint density at radius 2 is 1.23 bits per heavy atom. The van der Waals surface area contributed by atoms with Crippen molar-refractivity contribution in [2.45, 2.75) is 6.92 Å². The van der Waals surface area contributed by atoms with E-state index in [1.807, 2.05) is 48.7 Å². The van der Waals surface area contributed by atoms with Gasteiger partial charge < -0.3 is 14.4 Å². The Hall–Kier alpha value is -3.79. The van der Waals surface area contributed by atoms with E-state index in [0.717, 1.165) is 39.8 Å².